The van der Waals surface area contributed by atoms with E-state index in [0.717, 1.165) is 0 Å². The van der Waals surface area contributed by atoms with Crippen molar-refractivity contribution in [3.8, 4) is 0 Å². The minimum Gasteiger partial charge on any atom is -0.461 e. The molecule has 8 nitrogen and oxygen atoms in total. The van der Waals surface area contributed by atoms with Crippen LogP contribution in [0.5, 0.6) is 0 Å². The minimum absolute atomic E-state index is 0.246. The van der Waals surface area contributed by atoms with Gasteiger partial charge >= 0.3 is 11.9 Å². The molecular formula is C25H28FN3O5. The summed E-state index contributed by atoms with van der Waals surface area (Å²) in [6.07, 6.45) is 0. The van der Waals surface area contributed by atoms with Crippen LogP contribution in [-0.2, 0) is 19.1 Å². The van der Waals surface area contributed by atoms with Crippen LogP contribution in [0.4, 0.5) is 10.1 Å². The van der Waals surface area contributed by atoms with Gasteiger partial charge in [-0.15, -0.1) is 0 Å². The predicted octanol–water partition coefficient (Wildman–Crippen LogP) is 4.08. The molecule has 1 amide bonds. The van der Waals surface area contributed by atoms with Crippen molar-refractivity contribution in [3.63, 3.8) is 0 Å². The first kappa shape index (κ1) is 24.9. The van der Waals surface area contributed by atoms with Gasteiger partial charge in [0.15, 0.2) is 5.92 Å². The van der Waals surface area contributed by atoms with E-state index in [0.29, 0.717) is 22.2 Å². The number of carbonyl (C=O) groups is 3. The molecule has 0 fully saturated rings. The number of hydrogen-bond donors (Lipinski definition) is 3. The Bertz CT molecular complexity index is 1200. The first-order valence-electron chi connectivity index (χ1n) is 10.8. The molecule has 0 aliphatic carbocycles. The van der Waals surface area contributed by atoms with Gasteiger partial charge in [-0.05, 0) is 69.7 Å². The third-order valence-electron chi connectivity index (χ3n) is 4.94. The molecular weight excluding hydrogens is 441 g/mol. The van der Waals surface area contributed by atoms with Gasteiger partial charge in [0.1, 0.15) is 17.1 Å². The van der Waals surface area contributed by atoms with E-state index in [9.17, 15) is 18.8 Å². The molecule has 3 aromatic rings. The summed E-state index contributed by atoms with van der Waals surface area (Å²) in [5.74, 6) is -3.81. The monoisotopic (exact) mass is 469 g/mol. The van der Waals surface area contributed by atoms with Crippen molar-refractivity contribution < 1.29 is 28.2 Å². The van der Waals surface area contributed by atoms with Crippen LogP contribution < -0.4 is 11.1 Å². The van der Waals surface area contributed by atoms with E-state index in [2.05, 4.69) is 10.3 Å². The van der Waals surface area contributed by atoms with Crippen molar-refractivity contribution >= 4 is 34.4 Å². The highest BCUT2D eigenvalue weighted by atomic mass is 19.1. The molecule has 2 unspecified atom stereocenters. The Morgan fingerprint density at radius 1 is 1.09 bits per heavy atom. The van der Waals surface area contributed by atoms with Crippen LogP contribution in [0.1, 0.15) is 49.8 Å². The molecule has 0 bridgehead atoms. The predicted molar refractivity (Wildman–Crippen MR) is 126 cm³/mol. The van der Waals surface area contributed by atoms with E-state index in [1.165, 1.54) is 24.3 Å². The smallest absolute Gasteiger partial charge is 0.354 e. The zero-order valence-electron chi connectivity index (χ0n) is 19.5. The molecule has 1 aromatic heterocycles. The van der Waals surface area contributed by atoms with Gasteiger partial charge in [-0.2, -0.15) is 0 Å². The lowest BCUT2D eigenvalue weighted by Gasteiger charge is -2.27. The summed E-state index contributed by atoms with van der Waals surface area (Å²) in [6, 6.07) is 10.8. The van der Waals surface area contributed by atoms with Crippen molar-refractivity contribution in [1.29, 1.82) is 0 Å². The second-order valence-electron chi connectivity index (χ2n) is 8.78. The number of nitrogens with one attached hydrogen (secondary N) is 2. The van der Waals surface area contributed by atoms with Crippen LogP contribution in [0.3, 0.4) is 0 Å². The van der Waals surface area contributed by atoms with Crippen LogP contribution in [0.25, 0.3) is 10.9 Å². The van der Waals surface area contributed by atoms with Gasteiger partial charge in [0.25, 0.3) is 0 Å². The van der Waals surface area contributed by atoms with Crippen molar-refractivity contribution in [1.82, 2.24) is 4.98 Å². The topological polar surface area (TPSA) is 124 Å². The van der Waals surface area contributed by atoms with Crippen molar-refractivity contribution in [3.05, 3.63) is 65.6 Å². The standard InChI is InChI=1S/C25H28FN3O5/c1-5-33-23(31)19-13-15-12-17(10-11-18(15)29-19)28-22(30)20(24(32)34-25(2,3)4)21(27)14-6-8-16(26)9-7-14/h6-13,20-21,29H,5,27H2,1-4H3,(H,28,30). The van der Waals surface area contributed by atoms with Gasteiger partial charge < -0.3 is 25.5 Å². The van der Waals surface area contributed by atoms with Crippen molar-refractivity contribution in [2.45, 2.75) is 39.3 Å². The van der Waals surface area contributed by atoms with Crippen LogP contribution in [0.15, 0.2) is 48.5 Å². The zero-order chi connectivity index (χ0) is 25.0. The summed E-state index contributed by atoms with van der Waals surface area (Å²) in [5.41, 5.74) is 7.20. The lowest BCUT2D eigenvalue weighted by atomic mass is 9.92. The van der Waals surface area contributed by atoms with E-state index in [1.54, 1.807) is 52.0 Å². The van der Waals surface area contributed by atoms with Crippen LogP contribution >= 0.6 is 0 Å². The highest BCUT2D eigenvalue weighted by molar-refractivity contribution is 6.06. The zero-order valence-corrected chi connectivity index (χ0v) is 19.5. The SMILES string of the molecule is CCOC(=O)c1cc2cc(NC(=O)C(C(=O)OC(C)(C)C)C(N)c3ccc(F)cc3)ccc2[nH]1. The van der Waals surface area contributed by atoms with Crippen molar-refractivity contribution in [2.24, 2.45) is 11.7 Å². The molecule has 2 atom stereocenters. The quantitative estimate of drug-likeness (QED) is 0.354. The number of aromatic amines is 1. The molecule has 0 saturated heterocycles. The molecule has 0 aliphatic rings. The number of H-pyrrole nitrogens is 1. The first-order valence-corrected chi connectivity index (χ1v) is 10.8. The lowest BCUT2D eigenvalue weighted by Crippen LogP contribution is -2.41. The maximum atomic E-state index is 13.4. The molecule has 0 aliphatic heterocycles. The number of hydrogen-bond acceptors (Lipinski definition) is 6. The number of halogens is 1. The van der Waals surface area contributed by atoms with E-state index in [-0.39, 0.29) is 12.3 Å². The summed E-state index contributed by atoms with van der Waals surface area (Å²) < 4.78 is 23.8. The molecule has 4 N–H and O–H groups in total. The molecule has 180 valence electrons. The Balaban J connectivity index is 1.88. The number of rotatable bonds is 7. The maximum Gasteiger partial charge on any atom is 0.354 e. The second kappa shape index (κ2) is 10.0. The molecule has 3 rings (SSSR count). The van der Waals surface area contributed by atoms with Crippen LogP contribution in [-0.4, -0.2) is 35.0 Å². The number of esters is 2. The molecule has 2 aromatic carbocycles. The fourth-order valence-electron chi connectivity index (χ4n) is 3.41. The number of fused-ring (bicyclic) bond motifs is 1. The Labute approximate surface area is 196 Å². The lowest BCUT2D eigenvalue weighted by molar-refractivity contribution is -0.162. The highest BCUT2D eigenvalue weighted by Crippen LogP contribution is 2.26. The number of ether oxygens (including phenoxy) is 2. The Morgan fingerprint density at radius 3 is 2.38 bits per heavy atom. The third-order valence-corrected chi connectivity index (χ3v) is 4.94. The second-order valence-corrected chi connectivity index (χ2v) is 8.78. The van der Waals surface area contributed by atoms with Gasteiger partial charge in [-0.25, -0.2) is 9.18 Å². The maximum absolute atomic E-state index is 13.4. The van der Waals surface area contributed by atoms with E-state index in [4.69, 9.17) is 15.2 Å². The van der Waals surface area contributed by atoms with Crippen molar-refractivity contribution in [2.75, 3.05) is 11.9 Å². The fraction of sp³-hybridized carbons (Fsp3) is 0.320. The van der Waals surface area contributed by atoms with Gasteiger partial charge in [-0.3, -0.25) is 9.59 Å². The third kappa shape index (κ3) is 5.99. The highest BCUT2D eigenvalue weighted by Gasteiger charge is 2.37. The molecule has 1 heterocycles. The van der Waals surface area contributed by atoms with Gasteiger partial charge in [0, 0.05) is 16.6 Å². The van der Waals surface area contributed by atoms with Gasteiger partial charge in [-0.1, -0.05) is 12.1 Å². The molecule has 0 saturated carbocycles. The van der Waals surface area contributed by atoms with Crippen LogP contribution in [0.2, 0.25) is 0 Å². The number of nitrogens with two attached hydrogens (primary N) is 1. The van der Waals surface area contributed by atoms with E-state index < -0.39 is 41.2 Å². The summed E-state index contributed by atoms with van der Waals surface area (Å²) in [5, 5.41) is 3.37. The minimum atomic E-state index is -1.39. The molecule has 0 spiro atoms. The largest absolute Gasteiger partial charge is 0.461 e. The first-order chi connectivity index (χ1) is 16.0. The Hall–Kier alpha value is -3.72. The fourth-order valence-corrected chi connectivity index (χ4v) is 3.41. The number of aromatic nitrogens is 1. The number of amides is 1. The number of anilines is 1. The summed E-state index contributed by atoms with van der Waals surface area (Å²) in [6.45, 7) is 7.01. The average Bonchev–Trinajstić information content (AvgIpc) is 3.17. The van der Waals surface area contributed by atoms with E-state index in [1.807, 2.05) is 0 Å². The van der Waals surface area contributed by atoms with E-state index >= 15 is 0 Å². The van der Waals surface area contributed by atoms with Crippen LogP contribution in [0, 0.1) is 11.7 Å². The number of carbonyl (C=O) groups excluding carboxylic acids is 3. The average molecular weight is 470 g/mol. The molecule has 0 radical (unpaired) electrons. The summed E-state index contributed by atoms with van der Waals surface area (Å²) in [4.78, 5) is 41.1. The summed E-state index contributed by atoms with van der Waals surface area (Å²) in [7, 11) is 0. The number of benzene rings is 2. The van der Waals surface area contributed by atoms with Gasteiger partial charge in [0.2, 0.25) is 5.91 Å². The normalized spacial score (nSPS) is 13.2. The Morgan fingerprint density at radius 2 is 1.76 bits per heavy atom. The Kier molecular flexibility index (Phi) is 7.36. The molecule has 9 heteroatoms. The summed E-state index contributed by atoms with van der Waals surface area (Å²) >= 11 is 0. The van der Waals surface area contributed by atoms with Gasteiger partial charge in [0.05, 0.1) is 12.6 Å². The molecule has 34 heavy (non-hydrogen) atoms.